The monoisotopic (exact) mass is 1440 g/mol. The first-order valence-electron chi connectivity index (χ1n) is 41.2. The number of phosphoric ester groups is 2. The highest BCUT2D eigenvalue weighted by Gasteiger charge is 2.30. The molecular weight excluding hydrogens is 1280 g/mol. The Morgan fingerprint density at radius 2 is 0.490 bits per heavy atom. The molecule has 17 nitrogen and oxygen atoms in total. The summed E-state index contributed by atoms with van der Waals surface area (Å²) < 4.78 is 68.7. The summed E-state index contributed by atoms with van der Waals surface area (Å²) in [6, 6.07) is 0. The normalized spacial score (nSPS) is 14.2. The van der Waals surface area contributed by atoms with Gasteiger partial charge in [-0.2, -0.15) is 0 Å². The number of hydrogen-bond acceptors (Lipinski definition) is 15. The predicted molar refractivity (Wildman–Crippen MR) is 400 cm³/mol. The van der Waals surface area contributed by atoms with E-state index < -0.39 is 97.5 Å². The van der Waals surface area contributed by atoms with Crippen LogP contribution in [0.25, 0.3) is 0 Å². The van der Waals surface area contributed by atoms with E-state index in [1.807, 2.05) is 0 Å². The molecule has 0 heterocycles. The Bertz CT molecular complexity index is 1880. The van der Waals surface area contributed by atoms with E-state index in [4.69, 9.17) is 37.0 Å². The lowest BCUT2D eigenvalue weighted by atomic mass is 9.99. The lowest BCUT2D eigenvalue weighted by Crippen LogP contribution is -2.30. The summed E-state index contributed by atoms with van der Waals surface area (Å²) in [5, 5.41) is 10.6. The van der Waals surface area contributed by atoms with Gasteiger partial charge in [0.15, 0.2) is 12.2 Å². The maximum Gasteiger partial charge on any atom is 0.472 e. The van der Waals surface area contributed by atoms with Crippen molar-refractivity contribution >= 4 is 39.5 Å². The summed E-state index contributed by atoms with van der Waals surface area (Å²) in [5.74, 6) is -1.26. The Morgan fingerprint density at radius 3 is 0.724 bits per heavy atom. The summed E-state index contributed by atoms with van der Waals surface area (Å²) >= 11 is 0. The fourth-order valence-corrected chi connectivity index (χ4v) is 13.8. The average molecular weight is 1440 g/mol. The molecular formula is C79H154O17P2. The lowest BCUT2D eigenvalue weighted by Gasteiger charge is -2.21. The van der Waals surface area contributed by atoms with Crippen LogP contribution in [0.15, 0.2) is 0 Å². The highest BCUT2D eigenvalue weighted by molar-refractivity contribution is 7.47. The molecule has 0 aromatic carbocycles. The number of carbonyl (C=O) groups excluding carboxylic acids is 4. The molecule has 0 aliphatic heterocycles. The van der Waals surface area contributed by atoms with Crippen LogP contribution in [0.4, 0.5) is 0 Å². The zero-order valence-corrected chi connectivity index (χ0v) is 65.7. The minimum atomic E-state index is -4.96. The molecule has 0 aromatic heterocycles. The van der Waals surface area contributed by atoms with Crippen LogP contribution in [0.5, 0.6) is 0 Å². The smallest absolute Gasteiger partial charge is 0.462 e. The van der Waals surface area contributed by atoms with Crippen LogP contribution in [0.1, 0.15) is 420 Å². The molecule has 19 heteroatoms. The summed E-state index contributed by atoms with van der Waals surface area (Å²) in [6.45, 7) is 7.38. The van der Waals surface area contributed by atoms with Gasteiger partial charge in [-0.1, -0.05) is 369 Å². The van der Waals surface area contributed by atoms with Crippen LogP contribution in [-0.2, 0) is 65.4 Å². The molecule has 0 aliphatic rings. The maximum absolute atomic E-state index is 13.1. The first-order valence-corrected chi connectivity index (χ1v) is 44.2. The summed E-state index contributed by atoms with van der Waals surface area (Å²) in [6.07, 6.45) is 62.1. The highest BCUT2D eigenvalue weighted by atomic mass is 31.2. The number of aliphatic hydroxyl groups is 1. The number of hydrogen-bond donors (Lipinski definition) is 3. The third-order valence-corrected chi connectivity index (χ3v) is 20.8. The second-order valence-corrected chi connectivity index (χ2v) is 31.6. The number of aliphatic hydroxyl groups excluding tert-OH is 1. The van der Waals surface area contributed by atoms with Crippen molar-refractivity contribution < 1.29 is 80.2 Å². The third kappa shape index (κ3) is 71.1. The van der Waals surface area contributed by atoms with E-state index in [2.05, 4.69) is 34.6 Å². The molecule has 0 bridgehead atoms. The molecule has 0 radical (unpaired) electrons. The van der Waals surface area contributed by atoms with E-state index in [1.54, 1.807) is 0 Å². The van der Waals surface area contributed by atoms with Gasteiger partial charge in [0, 0.05) is 25.7 Å². The molecule has 0 fully saturated rings. The van der Waals surface area contributed by atoms with Gasteiger partial charge in [0.05, 0.1) is 26.4 Å². The minimum Gasteiger partial charge on any atom is -0.462 e. The molecule has 0 spiro atoms. The van der Waals surface area contributed by atoms with Crippen molar-refractivity contribution in [2.45, 2.75) is 438 Å². The first kappa shape index (κ1) is 96.1. The fourth-order valence-electron chi connectivity index (χ4n) is 12.2. The van der Waals surface area contributed by atoms with Crippen LogP contribution in [0.3, 0.4) is 0 Å². The van der Waals surface area contributed by atoms with Gasteiger partial charge in [0.1, 0.15) is 19.3 Å². The van der Waals surface area contributed by atoms with E-state index in [0.717, 1.165) is 95.8 Å². The second kappa shape index (κ2) is 72.0. The van der Waals surface area contributed by atoms with Gasteiger partial charge >= 0.3 is 39.5 Å². The number of esters is 4. The number of rotatable bonds is 79. The molecule has 0 amide bonds. The molecule has 582 valence electrons. The van der Waals surface area contributed by atoms with Gasteiger partial charge in [0.25, 0.3) is 0 Å². The molecule has 0 aromatic rings. The van der Waals surface area contributed by atoms with Crippen molar-refractivity contribution in [3.8, 4) is 0 Å². The zero-order valence-electron chi connectivity index (χ0n) is 63.9. The third-order valence-electron chi connectivity index (χ3n) is 18.9. The quantitative estimate of drug-likeness (QED) is 0.0222. The van der Waals surface area contributed by atoms with Gasteiger partial charge in [-0.3, -0.25) is 37.3 Å². The maximum atomic E-state index is 13.1. The fraction of sp³-hybridized carbons (Fsp3) is 0.949. The lowest BCUT2D eigenvalue weighted by molar-refractivity contribution is -0.161. The molecule has 0 saturated heterocycles. The van der Waals surface area contributed by atoms with Crippen molar-refractivity contribution in [1.82, 2.24) is 0 Å². The molecule has 0 aliphatic carbocycles. The molecule has 6 atom stereocenters. The summed E-state index contributed by atoms with van der Waals surface area (Å²) in [4.78, 5) is 73.0. The van der Waals surface area contributed by atoms with Crippen LogP contribution < -0.4 is 0 Å². The summed E-state index contributed by atoms with van der Waals surface area (Å²) in [5.41, 5.74) is 0. The number of carbonyl (C=O) groups is 4. The van der Waals surface area contributed by atoms with Gasteiger partial charge in [-0.15, -0.1) is 0 Å². The predicted octanol–water partition coefficient (Wildman–Crippen LogP) is 23.6. The van der Waals surface area contributed by atoms with E-state index in [1.165, 1.54) is 244 Å². The molecule has 98 heavy (non-hydrogen) atoms. The number of unbranched alkanes of at least 4 members (excludes halogenated alkanes) is 50. The van der Waals surface area contributed by atoms with Gasteiger partial charge in [0.2, 0.25) is 0 Å². The Balaban J connectivity index is 5.26. The van der Waals surface area contributed by atoms with Crippen LogP contribution in [0.2, 0.25) is 0 Å². The van der Waals surface area contributed by atoms with Crippen molar-refractivity contribution in [1.29, 1.82) is 0 Å². The van der Waals surface area contributed by atoms with E-state index >= 15 is 0 Å². The molecule has 0 rings (SSSR count). The van der Waals surface area contributed by atoms with Crippen molar-refractivity contribution in [2.75, 3.05) is 39.6 Å². The molecule has 3 N–H and O–H groups in total. The zero-order chi connectivity index (χ0) is 71.9. The molecule has 3 unspecified atom stereocenters. The molecule has 0 saturated carbocycles. The van der Waals surface area contributed by atoms with Crippen molar-refractivity contribution in [2.24, 2.45) is 5.92 Å². The highest BCUT2D eigenvalue weighted by Crippen LogP contribution is 2.45. The van der Waals surface area contributed by atoms with Crippen LogP contribution in [0, 0.1) is 5.92 Å². The first-order chi connectivity index (χ1) is 47.6. The van der Waals surface area contributed by atoms with Crippen molar-refractivity contribution in [3.63, 3.8) is 0 Å². The van der Waals surface area contributed by atoms with E-state index in [9.17, 15) is 43.2 Å². The Hall–Kier alpha value is -1.94. The Kier molecular flexibility index (Phi) is 70.6. The van der Waals surface area contributed by atoms with Crippen LogP contribution >= 0.6 is 15.6 Å². The van der Waals surface area contributed by atoms with E-state index in [0.29, 0.717) is 25.7 Å². The van der Waals surface area contributed by atoms with E-state index in [-0.39, 0.29) is 25.7 Å². The topological polar surface area (TPSA) is 237 Å². The average Bonchev–Trinajstić information content (AvgIpc) is 1.14. The number of phosphoric acid groups is 2. The minimum absolute atomic E-state index is 0.108. The second-order valence-electron chi connectivity index (χ2n) is 28.7. The summed E-state index contributed by atoms with van der Waals surface area (Å²) in [7, 11) is -9.92. The largest absolute Gasteiger partial charge is 0.472 e. The number of ether oxygens (including phenoxy) is 4. The Morgan fingerprint density at radius 1 is 0.286 bits per heavy atom. The van der Waals surface area contributed by atoms with Crippen molar-refractivity contribution in [3.05, 3.63) is 0 Å². The standard InChI is InChI=1S/C79H154O17P2/c1-6-10-13-16-19-22-25-28-29-34-38-43-48-53-58-63-77(82)90-69-75(96-79(84)65-60-55-50-45-40-35-31-30-33-36-41-46-51-56-61-72(5)9-4)71-94-98(87,88)92-67-73(80)66-91-97(85,86)93-70-74(68-89-76(81)62-57-52-47-42-37-27-24-21-18-15-12-8-3)95-78(83)64-59-54-49-44-39-32-26-23-20-17-14-11-7-2/h72-75,80H,6-71H2,1-5H3,(H,85,86)(H,87,88)/t72?,73-,74+,75+/m0/s1. The van der Waals surface area contributed by atoms with Gasteiger partial charge in [-0.25, -0.2) is 9.13 Å². The van der Waals surface area contributed by atoms with Gasteiger partial charge < -0.3 is 33.8 Å². The van der Waals surface area contributed by atoms with Crippen LogP contribution in [-0.4, -0.2) is 96.7 Å². The van der Waals surface area contributed by atoms with Gasteiger partial charge in [-0.05, 0) is 31.6 Å². The Labute approximate surface area is 600 Å². The SMILES string of the molecule is CCCCCCCCCCCCCCCCCC(=O)OC[C@H](COP(=O)(O)OC[C@@H](O)COP(=O)(O)OC[C@@H](COC(=O)CCCCCCCCCCCCCC)OC(=O)CCCCCCCCCCCCCCC)OC(=O)CCCCCCCCCCCCCCCCC(C)CC.